The van der Waals surface area contributed by atoms with Crippen LogP contribution < -0.4 is 11.1 Å². The molecule has 4 heteroatoms. The minimum atomic E-state index is -0.687. The molecule has 0 saturated heterocycles. The molecule has 1 aromatic heterocycles. The third kappa shape index (κ3) is 3.37. The molecule has 16 heavy (non-hydrogen) atoms. The van der Waals surface area contributed by atoms with Gasteiger partial charge < -0.3 is 11.1 Å². The van der Waals surface area contributed by atoms with Gasteiger partial charge in [-0.15, -0.1) is 12.3 Å². The molecule has 0 aromatic carbocycles. The van der Waals surface area contributed by atoms with Gasteiger partial charge in [0.15, 0.2) is 0 Å². The minimum Gasteiger partial charge on any atom is -0.319 e. The molecule has 0 spiro atoms. The maximum Gasteiger partial charge on any atom is 0.243 e. The average molecular weight is 217 g/mol. The zero-order valence-electron chi connectivity index (χ0n) is 9.45. The van der Waals surface area contributed by atoms with Crippen LogP contribution in [0.2, 0.25) is 0 Å². The number of rotatable bonds is 3. The topological polar surface area (TPSA) is 68.0 Å². The molecule has 3 N–H and O–H groups in total. The minimum absolute atomic E-state index is 0.219. The van der Waals surface area contributed by atoms with E-state index < -0.39 is 6.04 Å². The van der Waals surface area contributed by atoms with Crippen LogP contribution in [0.3, 0.4) is 0 Å². The quantitative estimate of drug-likeness (QED) is 0.742. The van der Waals surface area contributed by atoms with Crippen LogP contribution in [0.25, 0.3) is 0 Å². The maximum absolute atomic E-state index is 11.6. The van der Waals surface area contributed by atoms with E-state index in [0.29, 0.717) is 5.82 Å². The van der Waals surface area contributed by atoms with Gasteiger partial charge in [0, 0.05) is 12.1 Å². The Labute approximate surface area is 95.3 Å². The van der Waals surface area contributed by atoms with Gasteiger partial charge in [-0.1, -0.05) is 0 Å². The molecule has 84 valence electrons. The lowest BCUT2D eigenvalue weighted by Gasteiger charge is -2.10. The van der Waals surface area contributed by atoms with E-state index in [1.807, 2.05) is 19.9 Å². The second-order valence-electron chi connectivity index (χ2n) is 3.68. The molecule has 0 aliphatic carbocycles. The fourth-order valence-electron chi connectivity index (χ4n) is 1.34. The molecule has 0 aliphatic heterocycles. The molecule has 1 aromatic rings. The van der Waals surface area contributed by atoms with Gasteiger partial charge in [0.1, 0.15) is 5.82 Å². The molecule has 4 nitrogen and oxygen atoms in total. The van der Waals surface area contributed by atoms with Crippen molar-refractivity contribution in [2.75, 3.05) is 5.32 Å². The average Bonchev–Trinajstić information content (AvgIpc) is 2.16. The number of hydrogen-bond donors (Lipinski definition) is 2. The largest absolute Gasteiger partial charge is 0.319 e. The molecule has 1 unspecified atom stereocenters. The number of nitrogens with two attached hydrogens (primary N) is 1. The number of amides is 1. The summed E-state index contributed by atoms with van der Waals surface area (Å²) in [6.45, 7) is 3.80. The summed E-state index contributed by atoms with van der Waals surface area (Å²) in [7, 11) is 0. The van der Waals surface area contributed by atoms with Crippen molar-refractivity contribution < 1.29 is 4.79 Å². The predicted octanol–water partition coefficient (Wildman–Crippen LogP) is 0.988. The van der Waals surface area contributed by atoms with Gasteiger partial charge in [-0.2, -0.15) is 0 Å². The van der Waals surface area contributed by atoms with Crippen LogP contribution >= 0.6 is 0 Å². The summed E-state index contributed by atoms with van der Waals surface area (Å²) in [6.07, 6.45) is 5.30. The zero-order chi connectivity index (χ0) is 12.1. The molecule has 0 saturated carbocycles. The molecule has 0 bridgehead atoms. The Morgan fingerprint density at radius 3 is 2.88 bits per heavy atom. The maximum atomic E-state index is 11.6. The Bertz CT molecular complexity index is 414. The highest BCUT2D eigenvalue weighted by molar-refractivity contribution is 5.94. The van der Waals surface area contributed by atoms with E-state index in [0.717, 1.165) is 11.3 Å². The molecular weight excluding hydrogens is 202 g/mol. The summed E-state index contributed by atoms with van der Waals surface area (Å²) >= 11 is 0. The lowest BCUT2D eigenvalue weighted by atomic mass is 10.2. The summed E-state index contributed by atoms with van der Waals surface area (Å²) in [5.41, 5.74) is 7.45. The van der Waals surface area contributed by atoms with E-state index in [9.17, 15) is 4.79 Å². The van der Waals surface area contributed by atoms with Crippen molar-refractivity contribution >= 4 is 11.7 Å². The number of nitrogens with zero attached hydrogens (tertiary/aromatic N) is 1. The Hall–Kier alpha value is -1.86. The van der Waals surface area contributed by atoms with Crippen LogP contribution in [0.5, 0.6) is 0 Å². The number of carbonyl (C=O) groups is 1. The molecule has 1 atom stereocenters. The second kappa shape index (κ2) is 5.29. The zero-order valence-corrected chi connectivity index (χ0v) is 9.45. The number of anilines is 1. The number of carbonyl (C=O) groups excluding carboxylic acids is 1. The Balaban J connectivity index is 2.73. The lowest BCUT2D eigenvalue weighted by molar-refractivity contribution is -0.117. The highest BCUT2D eigenvalue weighted by Crippen LogP contribution is 2.09. The van der Waals surface area contributed by atoms with Gasteiger partial charge in [0.05, 0.1) is 6.04 Å². The van der Waals surface area contributed by atoms with Gasteiger partial charge in [0.2, 0.25) is 5.91 Å². The SMILES string of the molecule is C#CCC(N)C(=O)Nc1cc(C)cc(C)n1. The number of pyridine rings is 1. The Morgan fingerprint density at radius 1 is 1.62 bits per heavy atom. The Kier molecular flexibility index (Phi) is 4.03. The Morgan fingerprint density at radius 2 is 2.31 bits per heavy atom. The number of nitrogens with one attached hydrogen (secondary N) is 1. The van der Waals surface area contributed by atoms with E-state index in [4.69, 9.17) is 12.2 Å². The highest BCUT2D eigenvalue weighted by Gasteiger charge is 2.12. The van der Waals surface area contributed by atoms with Crippen molar-refractivity contribution in [2.45, 2.75) is 26.3 Å². The van der Waals surface area contributed by atoms with E-state index in [1.165, 1.54) is 0 Å². The van der Waals surface area contributed by atoms with Crippen LogP contribution in [-0.4, -0.2) is 16.9 Å². The third-order valence-electron chi connectivity index (χ3n) is 2.02. The smallest absolute Gasteiger partial charge is 0.243 e. The monoisotopic (exact) mass is 217 g/mol. The summed E-state index contributed by atoms with van der Waals surface area (Å²) < 4.78 is 0. The first-order valence-corrected chi connectivity index (χ1v) is 4.98. The van der Waals surface area contributed by atoms with Crippen LogP contribution in [-0.2, 0) is 4.79 Å². The van der Waals surface area contributed by atoms with Crippen molar-refractivity contribution in [3.05, 3.63) is 23.4 Å². The van der Waals surface area contributed by atoms with E-state index in [2.05, 4.69) is 16.2 Å². The molecule has 1 rings (SSSR count). The fraction of sp³-hybridized carbons (Fsp3) is 0.333. The summed E-state index contributed by atoms with van der Waals surface area (Å²) in [4.78, 5) is 15.7. The van der Waals surface area contributed by atoms with Gasteiger partial charge in [-0.25, -0.2) is 4.98 Å². The van der Waals surface area contributed by atoms with E-state index in [1.54, 1.807) is 6.07 Å². The molecule has 1 amide bonds. The van der Waals surface area contributed by atoms with Crippen molar-refractivity contribution in [3.63, 3.8) is 0 Å². The molecule has 0 radical (unpaired) electrons. The second-order valence-corrected chi connectivity index (χ2v) is 3.68. The van der Waals surface area contributed by atoms with Crippen LogP contribution in [0.4, 0.5) is 5.82 Å². The van der Waals surface area contributed by atoms with Crippen molar-refractivity contribution in [2.24, 2.45) is 5.73 Å². The predicted molar refractivity (Wildman–Crippen MR) is 63.8 cm³/mol. The normalized spacial score (nSPS) is 11.6. The molecular formula is C12H15N3O. The van der Waals surface area contributed by atoms with Gasteiger partial charge in [-0.3, -0.25) is 4.79 Å². The van der Waals surface area contributed by atoms with Crippen LogP contribution in [0.1, 0.15) is 17.7 Å². The van der Waals surface area contributed by atoms with Crippen LogP contribution in [0, 0.1) is 26.2 Å². The highest BCUT2D eigenvalue weighted by atomic mass is 16.2. The first-order valence-electron chi connectivity index (χ1n) is 4.98. The molecule has 0 aliphatic rings. The number of aromatic nitrogens is 1. The number of terminal acetylenes is 1. The number of aryl methyl sites for hydroxylation is 2. The van der Waals surface area contributed by atoms with Crippen molar-refractivity contribution in [3.8, 4) is 12.3 Å². The van der Waals surface area contributed by atoms with Crippen LogP contribution in [0.15, 0.2) is 12.1 Å². The van der Waals surface area contributed by atoms with Gasteiger partial charge in [-0.05, 0) is 31.5 Å². The van der Waals surface area contributed by atoms with E-state index in [-0.39, 0.29) is 12.3 Å². The van der Waals surface area contributed by atoms with Gasteiger partial charge >= 0.3 is 0 Å². The lowest BCUT2D eigenvalue weighted by Crippen LogP contribution is -2.35. The number of hydrogen-bond acceptors (Lipinski definition) is 3. The summed E-state index contributed by atoms with van der Waals surface area (Å²) in [5, 5.41) is 2.64. The first kappa shape index (κ1) is 12.2. The third-order valence-corrected chi connectivity index (χ3v) is 2.02. The standard InChI is InChI=1S/C12H15N3O/c1-4-5-10(13)12(16)15-11-7-8(2)6-9(3)14-11/h1,6-7,10H,5,13H2,2-3H3,(H,14,15,16). The summed E-state index contributed by atoms with van der Waals surface area (Å²) in [6, 6.07) is 3.03. The summed E-state index contributed by atoms with van der Waals surface area (Å²) in [5.74, 6) is 2.55. The molecule has 0 fully saturated rings. The fourth-order valence-corrected chi connectivity index (χ4v) is 1.34. The van der Waals surface area contributed by atoms with Crippen molar-refractivity contribution in [1.82, 2.24) is 4.98 Å². The van der Waals surface area contributed by atoms with Gasteiger partial charge in [0.25, 0.3) is 0 Å². The molecule has 1 heterocycles. The van der Waals surface area contributed by atoms with E-state index >= 15 is 0 Å². The first-order chi connectivity index (χ1) is 7.52. The van der Waals surface area contributed by atoms with Crippen molar-refractivity contribution in [1.29, 1.82) is 0 Å².